The number of hydrogen-bond donors (Lipinski definition) is 0. The van der Waals surface area contributed by atoms with Crippen molar-refractivity contribution in [3.05, 3.63) is 29.8 Å². The van der Waals surface area contributed by atoms with Crippen molar-refractivity contribution in [2.45, 2.75) is 70.4 Å². The standard InChI is InChI=1S/C22H27F5O2/c1-14-2-4-15(5-3-14)16-6-8-17(9-7-16)20(28)29-19-12-10-18(11-13-19)21(23,24)22(25,26)27/h10-17H,2-9H2,1H3/t14-,15-,16-,17-. The van der Waals surface area contributed by atoms with Gasteiger partial charge in [-0.1, -0.05) is 19.8 Å². The predicted molar refractivity (Wildman–Crippen MR) is 98.6 cm³/mol. The van der Waals surface area contributed by atoms with Gasteiger partial charge in [0.25, 0.3) is 0 Å². The van der Waals surface area contributed by atoms with Gasteiger partial charge < -0.3 is 4.74 Å². The molecule has 2 nitrogen and oxygen atoms in total. The number of ether oxygens (including phenoxy) is 1. The summed E-state index contributed by atoms with van der Waals surface area (Å²) >= 11 is 0. The molecule has 0 N–H and O–H groups in total. The summed E-state index contributed by atoms with van der Waals surface area (Å²) in [6.45, 7) is 2.29. The largest absolute Gasteiger partial charge is 0.458 e. The van der Waals surface area contributed by atoms with E-state index < -0.39 is 23.6 Å². The molecule has 0 atom stereocenters. The number of halogens is 5. The van der Waals surface area contributed by atoms with Gasteiger partial charge in [0.05, 0.1) is 5.92 Å². The zero-order chi connectivity index (χ0) is 21.2. The predicted octanol–water partition coefficient (Wildman–Crippen LogP) is 6.88. The first-order valence-corrected chi connectivity index (χ1v) is 10.3. The van der Waals surface area contributed by atoms with Gasteiger partial charge in [-0.3, -0.25) is 4.79 Å². The summed E-state index contributed by atoms with van der Waals surface area (Å²) in [5.41, 5.74) is -1.17. The minimum Gasteiger partial charge on any atom is -0.426 e. The Hall–Kier alpha value is -1.66. The molecule has 0 unspecified atom stereocenters. The van der Waals surface area contributed by atoms with Crippen molar-refractivity contribution in [2.75, 3.05) is 0 Å². The van der Waals surface area contributed by atoms with E-state index in [4.69, 9.17) is 4.74 Å². The molecule has 2 saturated carbocycles. The first kappa shape index (κ1) is 22.0. The van der Waals surface area contributed by atoms with Crippen LogP contribution in [0, 0.1) is 23.7 Å². The Morgan fingerprint density at radius 3 is 1.79 bits per heavy atom. The summed E-state index contributed by atoms with van der Waals surface area (Å²) in [5.74, 6) is -3.44. The number of benzene rings is 1. The Balaban J connectivity index is 1.51. The molecule has 29 heavy (non-hydrogen) atoms. The SMILES string of the molecule is C[C@H]1CC[C@H]([C@H]2CC[C@H](C(=O)Oc3ccc(C(F)(F)C(F)(F)F)cc3)CC2)CC1. The van der Waals surface area contributed by atoms with E-state index in [1.54, 1.807) is 0 Å². The maximum atomic E-state index is 13.3. The fourth-order valence-corrected chi connectivity index (χ4v) is 4.68. The molecule has 0 saturated heterocycles. The molecule has 1 aromatic rings. The van der Waals surface area contributed by atoms with Crippen LogP contribution >= 0.6 is 0 Å². The Bertz CT molecular complexity index is 682. The topological polar surface area (TPSA) is 26.3 Å². The summed E-state index contributed by atoms with van der Waals surface area (Å²) in [6.07, 6.45) is 2.84. The molecule has 0 amide bonds. The van der Waals surface area contributed by atoms with Crippen LogP contribution in [0.2, 0.25) is 0 Å². The van der Waals surface area contributed by atoms with Crippen molar-refractivity contribution >= 4 is 5.97 Å². The molecule has 3 rings (SSSR count). The normalized spacial score (nSPS) is 28.8. The number of hydrogen-bond acceptors (Lipinski definition) is 2. The lowest BCUT2D eigenvalue weighted by Gasteiger charge is -2.36. The van der Waals surface area contributed by atoms with Crippen molar-refractivity contribution < 1.29 is 31.5 Å². The van der Waals surface area contributed by atoms with Gasteiger partial charge >= 0.3 is 18.1 Å². The van der Waals surface area contributed by atoms with E-state index in [2.05, 4.69) is 6.92 Å². The van der Waals surface area contributed by atoms with Gasteiger partial charge in [0.1, 0.15) is 5.75 Å². The van der Waals surface area contributed by atoms with E-state index >= 15 is 0 Å². The second-order valence-electron chi connectivity index (χ2n) is 8.65. The van der Waals surface area contributed by atoms with Crippen LogP contribution in [0.25, 0.3) is 0 Å². The number of carbonyl (C=O) groups is 1. The van der Waals surface area contributed by atoms with E-state index in [9.17, 15) is 26.7 Å². The van der Waals surface area contributed by atoms with Crippen molar-refractivity contribution in [2.24, 2.45) is 23.7 Å². The van der Waals surface area contributed by atoms with Crippen LogP contribution in [-0.4, -0.2) is 12.1 Å². The van der Waals surface area contributed by atoms with Crippen molar-refractivity contribution in [3.63, 3.8) is 0 Å². The van der Waals surface area contributed by atoms with Crippen LogP contribution in [0.3, 0.4) is 0 Å². The molecule has 0 heterocycles. The lowest BCUT2D eigenvalue weighted by Crippen LogP contribution is -2.33. The molecule has 162 valence electrons. The van der Waals surface area contributed by atoms with Crippen LogP contribution < -0.4 is 4.74 Å². The number of alkyl halides is 5. The molecule has 1 aromatic carbocycles. The average molecular weight is 418 g/mol. The van der Waals surface area contributed by atoms with Gasteiger partial charge in [0, 0.05) is 5.56 Å². The van der Waals surface area contributed by atoms with Gasteiger partial charge in [0.15, 0.2) is 0 Å². The average Bonchev–Trinajstić information content (AvgIpc) is 2.68. The van der Waals surface area contributed by atoms with Gasteiger partial charge in [-0.2, -0.15) is 22.0 Å². The fourth-order valence-electron chi connectivity index (χ4n) is 4.68. The summed E-state index contributed by atoms with van der Waals surface area (Å²) in [7, 11) is 0. The van der Waals surface area contributed by atoms with E-state index in [0.29, 0.717) is 18.1 Å². The molecule has 0 bridgehead atoms. The lowest BCUT2D eigenvalue weighted by atomic mass is 9.69. The molecular formula is C22H27F5O2. The third-order valence-corrected chi connectivity index (χ3v) is 6.62. The van der Waals surface area contributed by atoms with Crippen LogP contribution in [0.1, 0.15) is 63.9 Å². The van der Waals surface area contributed by atoms with Crippen LogP contribution in [-0.2, 0) is 10.7 Å². The zero-order valence-electron chi connectivity index (χ0n) is 16.5. The molecule has 0 spiro atoms. The van der Waals surface area contributed by atoms with Crippen LogP contribution in [0.15, 0.2) is 24.3 Å². The molecule has 0 radical (unpaired) electrons. The molecular weight excluding hydrogens is 391 g/mol. The van der Waals surface area contributed by atoms with Crippen LogP contribution in [0.4, 0.5) is 22.0 Å². The van der Waals surface area contributed by atoms with Crippen molar-refractivity contribution in [3.8, 4) is 5.75 Å². The minimum atomic E-state index is -5.67. The van der Waals surface area contributed by atoms with E-state index in [-0.39, 0.29) is 11.7 Å². The summed E-state index contributed by atoms with van der Waals surface area (Å²) in [5, 5.41) is 0. The highest BCUT2D eigenvalue weighted by Crippen LogP contribution is 2.44. The highest BCUT2D eigenvalue weighted by Gasteiger charge is 2.58. The number of carbonyl (C=O) groups excluding carboxylic acids is 1. The van der Waals surface area contributed by atoms with Gasteiger partial charge in [-0.15, -0.1) is 0 Å². The van der Waals surface area contributed by atoms with Crippen molar-refractivity contribution in [1.82, 2.24) is 0 Å². The monoisotopic (exact) mass is 418 g/mol. The fraction of sp³-hybridized carbons (Fsp3) is 0.682. The van der Waals surface area contributed by atoms with Gasteiger partial charge in [0.2, 0.25) is 0 Å². The minimum absolute atomic E-state index is 0.0138. The second kappa shape index (κ2) is 8.60. The van der Waals surface area contributed by atoms with E-state index in [1.807, 2.05) is 0 Å². The molecule has 0 aromatic heterocycles. The number of esters is 1. The second-order valence-corrected chi connectivity index (χ2v) is 8.65. The van der Waals surface area contributed by atoms with E-state index in [1.165, 1.54) is 25.7 Å². The molecule has 2 aliphatic carbocycles. The smallest absolute Gasteiger partial charge is 0.426 e. The van der Waals surface area contributed by atoms with Gasteiger partial charge in [-0.05, 0) is 80.5 Å². The van der Waals surface area contributed by atoms with Crippen molar-refractivity contribution in [1.29, 1.82) is 0 Å². The maximum Gasteiger partial charge on any atom is 0.458 e. The quantitative estimate of drug-likeness (QED) is 0.303. The van der Waals surface area contributed by atoms with Crippen LogP contribution in [0.5, 0.6) is 5.75 Å². The highest BCUT2D eigenvalue weighted by atomic mass is 19.4. The highest BCUT2D eigenvalue weighted by molar-refractivity contribution is 5.75. The summed E-state index contributed by atoms with van der Waals surface area (Å²) in [4.78, 5) is 12.4. The molecule has 0 aliphatic heterocycles. The molecule has 7 heteroatoms. The Morgan fingerprint density at radius 2 is 1.31 bits per heavy atom. The number of rotatable bonds is 4. The zero-order valence-corrected chi connectivity index (χ0v) is 16.5. The third-order valence-electron chi connectivity index (χ3n) is 6.62. The summed E-state index contributed by atoms with van der Waals surface area (Å²) in [6, 6.07) is 3.28. The van der Waals surface area contributed by atoms with Gasteiger partial charge in [-0.25, -0.2) is 0 Å². The van der Waals surface area contributed by atoms with E-state index in [0.717, 1.165) is 49.7 Å². The first-order chi connectivity index (χ1) is 13.6. The Labute approximate surface area is 167 Å². The Kier molecular flexibility index (Phi) is 6.54. The molecule has 2 fully saturated rings. The third kappa shape index (κ3) is 5.10. The summed E-state index contributed by atoms with van der Waals surface area (Å²) < 4.78 is 69.2. The Morgan fingerprint density at radius 1 is 0.828 bits per heavy atom. The maximum absolute atomic E-state index is 13.3. The first-order valence-electron chi connectivity index (χ1n) is 10.3. The molecule has 2 aliphatic rings. The lowest BCUT2D eigenvalue weighted by molar-refractivity contribution is -0.289.